The molecule has 2 aromatic rings. The van der Waals surface area contributed by atoms with Crippen molar-refractivity contribution in [1.29, 1.82) is 0 Å². The highest BCUT2D eigenvalue weighted by atomic mass is 16.2. The third-order valence-electron chi connectivity index (χ3n) is 4.29. The zero-order valence-electron chi connectivity index (χ0n) is 15.2. The number of pyridine rings is 1. The normalized spacial score (nSPS) is 13.5. The quantitative estimate of drug-likeness (QED) is 0.708. The van der Waals surface area contributed by atoms with Crippen LogP contribution in [0.4, 0.5) is 5.69 Å². The first-order chi connectivity index (χ1) is 13.5. The first-order valence-electron chi connectivity index (χ1n) is 8.93. The number of nitrogens with zero attached hydrogens (tertiary/aromatic N) is 2. The molecule has 1 aromatic carbocycles. The Hall–Kier alpha value is -3.55. The number of hydrogen-bond acceptors (Lipinski definition) is 5. The molecule has 8 nitrogen and oxygen atoms in total. The third-order valence-corrected chi connectivity index (χ3v) is 4.29. The first-order valence-corrected chi connectivity index (χ1v) is 8.93. The summed E-state index contributed by atoms with van der Waals surface area (Å²) in [6.07, 6.45) is 3.81. The van der Waals surface area contributed by atoms with E-state index in [4.69, 9.17) is 0 Å². The van der Waals surface area contributed by atoms with E-state index in [0.717, 1.165) is 5.56 Å². The molecule has 0 atom stereocenters. The Labute approximate surface area is 161 Å². The molecule has 0 unspecified atom stereocenters. The molecule has 0 aliphatic carbocycles. The molecule has 28 heavy (non-hydrogen) atoms. The van der Waals surface area contributed by atoms with Crippen molar-refractivity contribution in [2.24, 2.45) is 0 Å². The van der Waals surface area contributed by atoms with Crippen LogP contribution in [0, 0.1) is 0 Å². The van der Waals surface area contributed by atoms with Gasteiger partial charge >= 0.3 is 0 Å². The fourth-order valence-corrected chi connectivity index (χ4v) is 2.80. The van der Waals surface area contributed by atoms with E-state index in [2.05, 4.69) is 15.6 Å². The molecule has 2 N–H and O–H groups in total. The lowest BCUT2D eigenvalue weighted by atomic mass is 10.1. The van der Waals surface area contributed by atoms with E-state index in [-0.39, 0.29) is 56.0 Å². The lowest BCUT2D eigenvalue weighted by Gasteiger charge is -2.14. The van der Waals surface area contributed by atoms with Gasteiger partial charge in [0.25, 0.3) is 5.91 Å². The molecule has 1 aliphatic heterocycles. The van der Waals surface area contributed by atoms with Crippen molar-refractivity contribution in [2.45, 2.75) is 25.8 Å². The van der Waals surface area contributed by atoms with Crippen LogP contribution in [0.3, 0.4) is 0 Å². The van der Waals surface area contributed by atoms with Crippen LogP contribution in [0.2, 0.25) is 0 Å². The van der Waals surface area contributed by atoms with Crippen LogP contribution in [0.15, 0.2) is 48.8 Å². The van der Waals surface area contributed by atoms with Crippen molar-refractivity contribution in [1.82, 2.24) is 15.2 Å². The molecular weight excluding hydrogens is 360 g/mol. The van der Waals surface area contributed by atoms with Gasteiger partial charge in [0.15, 0.2) is 0 Å². The minimum Gasteiger partial charge on any atom is -0.352 e. The Kier molecular flexibility index (Phi) is 6.11. The number of anilines is 1. The summed E-state index contributed by atoms with van der Waals surface area (Å²) in [4.78, 5) is 52.5. The fourth-order valence-electron chi connectivity index (χ4n) is 2.80. The SMILES string of the molecule is O=C(CCNC(=O)c1ccc(CN2C(=O)CCC2=O)cc1)Nc1cccnc1. The van der Waals surface area contributed by atoms with Crippen LogP contribution in [0.1, 0.15) is 35.2 Å². The highest BCUT2D eigenvalue weighted by molar-refractivity contribution is 6.01. The van der Waals surface area contributed by atoms with Gasteiger partial charge in [-0.2, -0.15) is 0 Å². The van der Waals surface area contributed by atoms with Gasteiger partial charge in [0, 0.05) is 37.6 Å². The van der Waals surface area contributed by atoms with E-state index >= 15 is 0 Å². The second-order valence-corrected chi connectivity index (χ2v) is 6.37. The van der Waals surface area contributed by atoms with E-state index < -0.39 is 0 Å². The van der Waals surface area contributed by atoms with Crippen LogP contribution in [0.25, 0.3) is 0 Å². The van der Waals surface area contributed by atoms with Crippen molar-refractivity contribution in [3.05, 3.63) is 59.9 Å². The van der Waals surface area contributed by atoms with Crippen molar-refractivity contribution in [3.8, 4) is 0 Å². The maximum absolute atomic E-state index is 12.2. The topological polar surface area (TPSA) is 108 Å². The molecule has 1 fully saturated rings. The smallest absolute Gasteiger partial charge is 0.251 e. The van der Waals surface area contributed by atoms with Gasteiger partial charge < -0.3 is 10.6 Å². The summed E-state index contributed by atoms with van der Waals surface area (Å²) in [7, 11) is 0. The van der Waals surface area contributed by atoms with Gasteiger partial charge in [0.1, 0.15) is 0 Å². The van der Waals surface area contributed by atoms with Crippen LogP contribution in [0.5, 0.6) is 0 Å². The fraction of sp³-hybridized carbons (Fsp3) is 0.250. The number of rotatable bonds is 7. The molecule has 0 spiro atoms. The third kappa shape index (κ3) is 5.00. The van der Waals surface area contributed by atoms with Gasteiger partial charge in [-0.3, -0.25) is 29.1 Å². The number of amides is 4. The first kappa shape index (κ1) is 19.2. The van der Waals surface area contributed by atoms with Crippen molar-refractivity contribution < 1.29 is 19.2 Å². The van der Waals surface area contributed by atoms with Gasteiger partial charge in [0.05, 0.1) is 18.4 Å². The summed E-state index contributed by atoms with van der Waals surface area (Å²) >= 11 is 0. The molecule has 144 valence electrons. The standard InChI is InChI=1S/C20H20N4O4/c25-17(23-16-2-1-10-21-12-16)9-11-22-20(28)15-5-3-14(4-6-15)13-24-18(26)7-8-19(24)27/h1-6,10,12H,7-9,11,13H2,(H,22,28)(H,23,25). The molecule has 1 saturated heterocycles. The van der Waals surface area contributed by atoms with Gasteiger partial charge in [-0.05, 0) is 29.8 Å². The number of benzene rings is 1. The molecule has 0 radical (unpaired) electrons. The number of carbonyl (C=O) groups excluding carboxylic acids is 4. The van der Waals surface area contributed by atoms with Gasteiger partial charge in [0.2, 0.25) is 17.7 Å². The van der Waals surface area contributed by atoms with Crippen molar-refractivity contribution in [3.63, 3.8) is 0 Å². The highest BCUT2D eigenvalue weighted by Gasteiger charge is 2.28. The van der Waals surface area contributed by atoms with E-state index in [1.165, 1.54) is 4.90 Å². The Morgan fingerprint density at radius 1 is 1.04 bits per heavy atom. The summed E-state index contributed by atoms with van der Waals surface area (Å²) < 4.78 is 0. The monoisotopic (exact) mass is 380 g/mol. The molecule has 4 amide bonds. The summed E-state index contributed by atoms with van der Waals surface area (Å²) in [6.45, 7) is 0.414. The van der Waals surface area contributed by atoms with Gasteiger partial charge in [-0.25, -0.2) is 0 Å². The minimum absolute atomic E-state index is 0.137. The maximum atomic E-state index is 12.2. The number of carbonyl (C=O) groups is 4. The second-order valence-electron chi connectivity index (χ2n) is 6.37. The van der Waals surface area contributed by atoms with E-state index in [1.807, 2.05) is 0 Å². The molecule has 0 bridgehead atoms. The molecule has 0 saturated carbocycles. The Morgan fingerprint density at radius 3 is 2.39 bits per heavy atom. The van der Waals surface area contributed by atoms with Crippen LogP contribution < -0.4 is 10.6 Å². The number of nitrogens with one attached hydrogen (secondary N) is 2. The van der Waals surface area contributed by atoms with Crippen molar-refractivity contribution >= 4 is 29.3 Å². The summed E-state index contributed by atoms with van der Waals surface area (Å²) in [5.41, 5.74) is 1.82. The van der Waals surface area contributed by atoms with Crippen LogP contribution in [-0.4, -0.2) is 40.1 Å². The lowest BCUT2D eigenvalue weighted by molar-refractivity contribution is -0.139. The average Bonchev–Trinajstić information content (AvgIpc) is 3.01. The molecule has 3 rings (SSSR count). The Morgan fingerprint density at radius 2 is 1.75 bits per heavy atom. The molecule has 1 aliphatic rings. The number of hydrogen-bond donors (Lipinski definition) is 2. The predicted octanol–water partition coefficient (Wildman–Crippen LogP) is 1.49. The molecule has 1 aromatic heterocycles. The average molecular weight is 380 g/mol. The van der Waals surface area contributed by atoms with E-state index in [9.17, 15) is 19.2 Å². The van der Waals surface area contributed by atoms with Crippen LogP contribution >= 0.6 is 0 Å². The predicted molar refractivity (Wildman–Crippen MR) is 101 cm³/mol. The van der Waals surface area contributed by atoms with E-state index in [0.29, 0.717) is 11.3 Å². The summed E-state index contributed by atoms with van der Waals surface area (Å²) in [5.74, 6) is -0.856. The number of likely N-dealkylation sites (tertiary alicyclic amines) is 1. The molecular formula is C20H20N4O4. The van der Waals surface area contributed by atoms with Crippen molar-refractivity contribution in [2.75, 3.05) is 11.9 Å². The summed E-state index contributed by atoms with van der Waals surface area (Å²) in [6, 6.07) is 10.1. The summed E-state index contributed by atoms with van der Waals surface area (Å²) in [5, 5.41) is 5.38. The minimum atomic E-state index is -0.297. The molecule has 8 heteroatoms. The lowest BCUT2D eigenvalue weighted by Crippen LogP contribution is -2.29. The molecule has 2 heterocycles. The highest BCUT2D eigenvalue weighted by Crippen LogP contribution is 2.16. The maximum Gasteiger partial charge on any atom is 0.251 e. The Balaban J connectivity index is 1.45. The number of imide groups is 1. The Bertz CT molecular complexity index is 865. The van der Waals surface area contributed by atoms with Gasteiger partial charge in [-0.1, -0.05) is 12.1 Å². The zero-order valence-corrected chi connectivity index (χ0v) is 15.2. The van der Waals surface area contributed by atoms with Gasteiger partial charge in [-0.15, -0.1) is 0 Å². The largest absolute Gasteiger partial charge is 0.352 e. The second kappa shape index (κ2) is 8.90. The van der Waals surface area contributed by atoms with E-state index in [1.54, 1.807) is 48.8 Å². The zero-order chi connectivity index (χ0) is 19.9. The van der Waals surface area contributed by atoms with Crippen LogP contribution in [-0.2, 0) is 20.9 Å². The number of aromatic nitrogens is 1.